The molecule has 54 heavy (non-hydrogen) atoms. The Morgan fingerprint density at radius 2 is 0.500 bits per heavy atom. The third-order valence-electron chi connectivity index (χ3n) is 9.07. The lowest BCUT2D eigenvalue weighted by Gasteiger charge is -2.29. The standard InChI is InChI=1S/C44H44O8P2/c1-45-31-19-13-25-37(41(31)49-5)53(38-26-14-20-32(46-2)42(38)50-6)35-23-11-9-17-29(35)30-18-10-12-24-36(30)54(39-27-15-21-33(47-3)43(39)51-7)40-28-16-22-34(48-4)44(40)52-8/h9-28H,1-8H3. The molecule has 0 aromatic heterocycles. The summed E-state index contributed by atoms with van der Waals surface area (Å²) in [5, 5.41) is 6.04. The van der Waals surface area contributed by atoms with Gasteiger partial charge in [-0.15, -0.1) is 0 Å². The molecule has 0 amide bonds. The van der Waals surface area contributed by atoms with Crippen molar-refractivity contribution in [2.45, 2.75) is 0 Å². The van der Waals surface area contributed by atoms with Crippen LogP contribution in [-0.4, -0.2) is 56.9 Å². The summed E-state index contributed by atoms with van der Waals surface area (Å²) in [7, 11) is 10.6. The Kier molecular flexibility index (Phi) is 12.5. The fourth-order valence-corrected chi connectivity index (χ4v) is 12.2. The van der Waals surface area contributed by atoms with Crippen molar-refractivity contribution in [3.63, 3.8) is 0 Å². The second-order valence-corrected chi connectivity index (χ2v) is 16.0. The lowest BCUT2D eigenvalue weighted by Crippen LogP contribution is -2.28. The number of methoxy groups -OCH3 is 8. The highest BCUT2D eigenvalue weighted by atomic mass is 31.1. The lowest BCUT2D eigenvalue weighted by atomic mass is 10.1. The average Bonchev–Trinajstić information content (AvgIpc) is 3.23. The van der Waals surface area contributed by atoms with E-state index in [1.54, 1.807) is 56.9 Å². The topological polar surface area (TPSA) is 73.8 Å². The Labute approximate surface area is 320 Å². The molecular formula is C44H44O8P2. The van der Waals surface area contributed by atoms with Gasteiger partial charge >= 0.3 is 0 Å². The summed E-state index contributed by atoms with van der Waals surface area (Å²) in [6, 6.07) is 41.1. The Hall–Kier alpha value is -5.42. The summed E-state index contributed by atoms with van der Waals surface area (Å²) in [6.45, 7) is 0. The molecule has 0 aliphatic carbocycles. The van der Waals surface area contributed by atoms with E-state index in [1.807, 2.05) is 48.5 Å². The van der Waals surface area contributed by atoms with Crippen LogP contribution in [0.5, 0.6) is 46.0 Å². The van der Waals surface area contributed by atoms with Crippen molar-refractivity contribution in [1.29, 1.82) is 0 Å². The number of hydrogen-bond donors (Lipinski definition) is 0. The van der Waals surface area contributed by atoms with Gasteiger partial charge in [0.25, 0.3) is 0 Å². The van der Waals surface area contributed by atoms with Gasteiger partial charge in [-0.05, 0) is 86.1 Å². The van der Waals surface area contributed by atoms with E-state index in [2.05, 4.69) is 72.8 Å². The van der Waals surface area contributed by atoms with Gasteiger partial charge in [-0.2, -0.15) is 0 Å². The van der Waals surface area contributed by atoms with Crippen molar-refractivity contribution in [2.24, 2.45) is 0 Å². The van der Waals surface area contributed by atoms with E-state index in [4.69, 9.17) is 37.9 Å². The van der Waals surface area contributed by atoms with Gasteiger partial charge in [-0.1, -0.05) is 72.8 Å². The van der Waals surface area contributed by atoms with Gasteiger partial charge in [-0.25, -0.2) is 0 Å². The van der Waals surface area contributed by atoms with Crippen molar-refractivity contribution in [1.82, 2.24) is 0 Å². The first-order valence-corrected chi connectivity index (χ1v) is 19.8. The fourth-order valence-electron chi connectivity index (χ4n) is 6.76. The van der Waals surface area contributed by atoms with Crippen LogP contribution in [-0.2, 0) is 0 Å². The van der Waals surface area contributed by atoms with Gasteiger partial charge in [0.15, 0.2) is 46.0 Å². The molecule has 0 spiro atoms. The van der Waals surface area contributed by atoms with Crippen LogP contribution < -0.4 is 69.7 Å². The second kappa shape index (κ2) is 17.6. The normalized spacial score (nSPS) is 10.9. The average molecular weight is 763 g/mol. The monoisotopic (exact) mass is 762 g/mol. The number of rotatable bonds is 15. The Balaban J connectivity index is 1.71. The van der Waals surface area contributed by atoms with E-state index in [0.717, 1.165) is 43.0 Å². The number of benzene rings is 6. The number of para-hydroxylation sites is 4. The zero-order valence-corrected chi connectivity index (χ0v) is 33.5. The van der Waals surface area contributed by atoms with Gasteiger partial charge in [-0.3, -0.25) is 0 Å². The highest BCUT2D eigenvalue weighted by molar-refractivity contribution is 7.81. The lowest BCUT2D eigenvalue weighted by molar-refractivity contribution is 0.357. The second-order valence-electron chi connectivity index (χ2n) is 11.8. The van der Waals surface area contributed by atoms with E-state index >= 15 is 0 Å². The van der Waals surface area contributed by atoms with Crippen LogP contribution in [0.1, 0.15) is 0 Å². The largest absolute Gasteiger partial charge is 0.493 e. The molecule has 0 atom stereocenters. The van der Waals surface area contributed by atoms with Crippen LogP contribution in [0.4, 0.5) is 0 Å². The van der Waals surface area contributed by atoms with Crippen LogP contribution >= 0.6 is 15.8 Å². The maximum Gasteiger partial charge on any atom is 0.169 e. The first-order valence-electron chi connectivity index (χ1n) is 17.1. The molecule has 6 rings (SSSR count). The molecule has 10 heteroatoms. The molecule has 0 fully saturated rings. The van der Waals surface area contributed by atoms with Crippen LogP contribution in [0.25, 0.3) is 11.1 Å². The molecule has 6 aromatic rings. The quantitative estimate of drug-likeness (QED) is 0.104. The maximum absolute atomic E-state index is 6.11. The van der Waals surface area contributed by atoms with E-state index in [0.29, 0.717) is 46.0 Å². The summed E-state index contributed by atoms with van der Waals surface area (Å²) in [5.74, 6) is 5.18. The third kappa shape index (κ3) is 7.12. The molecule has 0 radical (unpaired) electrons. The molecule has 0 saturated heterocycles. The van der Waals surface area contributed by atoms with Crippen molar-refractivity contribution >= 4 is 47.7 Å². The smallest absolute Gasteiger partial charge is 0.169 e. The number of hydrogen-bond acceptors (Lipinski definition) is 8. The van der Waals surface area contributed by atoms with E-state index in [1.165, 1.54) is 0 Å². The van der Waals surface area contributed by atoms with Crippen LogP contribution in [0.3, 0.4) is 0 Å². The molecule has 0 saturated carbocycles. The molecule has 8 nitrogen and oxygen atoms in total. The zero-order valence-electron chi connectivity index (χ0n) is 31.7. The predicted octanol–water partition coefficient (Wildman–Crippen LogP) is 6.94. The van der Waals surface area contributed by atoms with Crippen molar-refractivity contribution in [2.75, 3.05) is 56.9 Å². The first-order chi connectivity index (χ1) is 26.5. The SMILES string of the molecule is COc1cccc(P(c2ccccc2-c2ccccc2P(c2cccc(OC)c2OC)c2cccc(OC)c2OC)c2cccc(OC)c2OC)c1OC. The minimum absolute atomic E-state index is 0.640. The van der Waals surface area contributed by atoms with Crippen LogP contribution in [0.15, 0.2) is 121 Å². The molecule has 0 aliphatic heterocycles. The fraction of sp³-hybridized carbons (Fsp3) is 0.182. The Morgan fingerprint density at radius 1 is 0.259 bits per heavy atom. The Bertz CT molecular complexity index is 1960. The molecular weight excluding hydrogens is 718 g/mol. The molecule has 0 bridgehead atoms. The minimum Gasteiger partial charge on any atom is -0.493 e. The van der Waals surface area contributed by atoms with E-state index in [9.17, 15) is 0 Å². The van der Waals surface area contributed by atoms with Crippen molar-refractivity contribution in [3.8, 4) is 57.1 Å². The predicted molar refractivity (Wildman–Crippen MR) is 222 cm³/mol. The molecule has 0 aliphatic rings. The van der Waals surface area contributed by atoms with Gasteiger partial charge in [0.1, 0.15) is 0 Å². The summed E-state index contributed by atoms with van der Waals surface area (Å²) < 4.78 is 47.8. The van der Waals surface area contributed by atoms with Crippen LogP contribution in [0, 0.1) is 0 Å². The molecule has 0 unspecified atom stereocenters. The van der Waals surface area contributed by atoms with Gasteiger partial charge in [0.05, 0.1) is 56.9 Å². The maximum atomic E-state index is 6.11. The molecule has 6 aromatic carbocycles. The van der Waals surface area contributed by atoms with E-state index < -0.39 is 15.8 Å². The Morgan fingerprint density at radius 3 is 0.741 bits per heavy atom. The summed E-state index contributed by atoms with van der Waals surface area (Å²) >= 11 is 0. The van der Waals surface area contributed by atoms with Crippen molar-refractivity contribution in [3.05, 3.63) is 121 Å². The molecule has 278 valence electrons. The molecule has 0 heterocycles. The summed E-state index contributed by atoms with van der Waals surface area (Å²) in [5.41, 5.74) is 2.09. The van der Waals surface area contributed by atoms with Gasteiger partial charge < -0.3 is 37.9 Å². The van der Waals surface area contributed by atoms with E-state index in [-0.39, 0.29) is 0 Å². The van der Waals surface area contributed by atoms with Crippen LogP contribution in [0.2, 0.25) is 0 Å². The number of ether oxygens (including phenoxy) is 8. The highest BCUT2D eigenvalue weighted by Gasteiger charge is 2.32. The van der Waals surface area contributed by atoms with Gasteiger partial charge in [0, 0.05) is 21.2 Å². The summed E-state index contributed by atoms with van der Waals surface area (Å²) in [6.07, 6.45) is 0. The highest BCUT2D eigenvalue weighted by Crippen LogP contribution is 2.49. The first kappa shape index (κ1) is 38.3. The van der Waals surface area contributed by atoms with Gasteiger partial charge in [0.2, 0.25) is 0 Å². The van der Waals surface area contributed by atoms with Crippen molar-refractivity contribution < 1.29 is 37.9 Å². The minimum atomic E-state index is -1.35. The molecule has 0 N–H and O–H groups in total. The zero-order chi connectivity index (χ0) is 38.2. The third-order valence-corrected chi connectivity index (χ3v) is 14.2. The summed E-state index contributed by atoms with van der Waals surface area (Å²) in [4.78, 5) is 0.